The number of carbonyl (C=O) groups is 1. The van der Waals surface area contributed by atoms with Gasteiger partial charge in [0.05, 0.1) is 18.2 Å². The lowest BCUT2D eigenvalue weighted by Gasteiger charge is -2.20. The second-order valence-corrected chi connectivity index (χ2v) is 4.91. The van der Waals surface area contributed by atoms with Crippen molar-refractivity contribution in [2.24, 2.45) is 0 Å². The normalized spacial score (nSPS) is 12.1. The molecule has 0 amide bonds. The van der Waals surface area contributed by atoms with Gasteiger partial charge in [-0.1, -0.05) is 6.07 Å². The van der Waals surface area contributed by atoms with Gasteiger partial charge in [-0.25, -0.2) is 4.79 Å². The van der Waals surface area contributed by atoms with Crippen LogP contribution in [0.5, 0.6) is 0 Å². The second kappa shape index (κ2) is 5.87. The number of aryl methyl sites for hydroxylation is 1. The summed E-state index contributed by atoms with van der Waals surface area (Å²) in [7, 11) is 0. The van der Waals surface area contributed by atoms with E-state index in [0.717, 1.165) is 5.69 Å². The summed E-state index contributed by atoms with van der Waals surface area (Å²) in [5.74, 6) is -0.946. The zero-order chi connectivity index (χ0) is 15.6. The lowest BCUT2D eigenvalue weighted by Crippen LogP contribution is -2.31. The maximum absolute atomic E-state index is 12.2. The number of aromatic nitrogens is 3. The van der Waals surface area contributed by atoms with Gasteiger partial charge < -0.3 is 5.11 Å². The van der Waals surface area contributed by atoms with Gasteiger partial charge in [0.1, 0.15) is 0 Å². The third kappa shape index (κ3) is 2.99. The van der Waals surface area contributed by atoms with E-state index in [1.165, 1.54) is 4.57 Å². The first-order valence-corrected chi connectivity index (χ1v) is 6.63. The SMILES string of the molecule is Cc1nc(=O)n(C(C)c2ccccn2)c(C)c1CC(=O)O. The summed E-state index contributed by atoms with van der Waals surface area (Å²) < 4.78 is 1.49. The Labute approximate surface area is 122 Å². The van der Waals surface area contributed by atoms with Crippen molar-refractivity contribution in [3.05, 3.63) is 57.5 Å². The predicted octanol–water partition coefficient (Wildman–Crippen LogP) is 1.49. The Morgan fingerprint density at radius 3 is 2.67 bits per heavy atom. The molecular formula is C15H17N3O3. The quantitative estimate of drug-likeness (QED) is 0.921. The standard InChI is InChI=1S/C15H17N3O3/c1-9-12(8-14(19)20)10(2)18(15(21)17-9)11(3)13-6-4-5-7-16-13/h4-7,11H,8H2,1-3H3,(H,19,20). The number of carboxylic acid groups (broad SMARTS) is 1. The minimum atomic E-state index is -0.946. The van der Waals surface area contributed by atoms with Crippen molar-refractivity contribution in [2.45, 2.75) is 33.2 Å². The van der Waals surface area contributed by atoms with Crippen LogP contribution in [-0.2, 0) is 11.2 Å². The summed E-state index contributed by atoms with van der Waals surface area (Å²) in [5, 5.41) is 9.00. The first kappa shape index (κ1) is 14.9. The minimum Gasteiger partial charge on any atom is -0.481 e. The summed E-state index contributed by atoms with van der Waals surface area (Å²) in [4.78, 5) is 31.4. The van der Waals surface area contributed by atoms with Crippen LogP contribution in [0.3, 0.4) is 0 Å². The summed E-state index contributed by atoms with van der Waals surface area (Å²) in [5.41, 5.74) is 1.99. The summed E-state index contributed by atoms with van der Waals surface area (Å²) in [6.07, 6.45) is 1.51. The summed E-state index contributed by atoms with van der Waals surface area (Å²) in [6, 6.07) is 5.17. The van der Waals surface area contributed by atoms with Crippen LogP contribution in [-0.4, -0.2) is 25.6 Å². The van der Waals surface area contributed by atoms with Crippen molar-refractivity contribution in [1.82, 2.24) is 14.5 Å². The van der Waals surface area contributed by atoms with Gasteiger partial charge in [0, 0.05) is 23.1 Å². The fraction of sp³-hybridized carbons (Fsp3) is 0.333. The monoisotopic (exact) mass is 287 g/mol. The summed E-state index contributed by atoms with van der Waals surface area (Å²) in [6.45, 7) is 5.24. The van der Waals surface area contributed by atoms with Gasteiger partial charge in [0.15, 0.2) is 0 Å². The number of pyridine rings is 1. The van der Waals surface area contributed by atoms with Gasteiger partial charge in [0.2, 0.25) is 0 Å². The van der Waals surface area contributed by atoms with Gasteiger partial charge >= 0.3 is 11.7 Å². The van der Waals surface area contributed by atoms with E-state index in [1.807, 2.05) is 19.1 Å². The van der Waals surface area contributed by atoms with Gasteiger partial charge in [-0.05, 0) is 32.9 Å². The number of nitrogens with zero attached hydrogens (tertiary/aromatic N) is 3. The van der Waals surface area contributed by atoms with E-state index >= 15 is 0 Å². The van der Waals surface area contributed by atoms with Gasteiger partial charge in [-0.15, -0.1) is 0 Å². The second-order valence-electron chi connectivity index (χ2n) is 4.91. The van der Waals surface area contributed by atoms with E-state index in [1.54, 1.807) is 26.1 Å². The molecule has 2 aromatic rings. The molecule has 6 nitrogen and oxygen atoms in total. The van der Waals surface area contributed by atoms with Crippen LogP contribution in [0.15, 0.2) is 29.2 Å². The van der Waals surface area contributed by atoms with Crippen molar-refractivity contribution in [2.75, 3.05) is 0 Å². The first-order valence-electron chi connectivity index (χ1n) is 6.63. The van der Waals surface area contributed by atoms with Crippen LogP contribution >= 0.6 is 0 Å². The van der Waals surface area contributed by atoms with Gasteiger partial charge in [0.25, 0.3) is 0 Å². The highest BCUT2D eigenvalue weighted by molar-refractivity contribution is 5.70. The van der Waals surface area contributed by atoms with Crippen LogP contribution in [0.4, 0.5) is 0 Å². The van der Waals surface area contributed by atoms with E-state index in [-0.39, 0.29) is 12.5 Å². The van der Waals surface area contributed by atoms with Crippen LogP contribution in [0.25, 0.3) is 0 Å². The topological polar surface area (TPSA) is 85.1 Å². The molecule has 1 unspecified atom stereocenters. The zero-order valence-electron chi connectivity index (χ0n) is 12.2. The maximum Gasteiger partial charge on any atom is 0.348 e. The average molecular weight is 287 g/mol. The Bertz CT molecular complexity index is 723. The molecule has 110 valence electrons. The van der Waals surface area contributed by atoms with E-state index < -0.39 is 11.7 Å². The molecule has 0 aliphatic rings. The molecule has 0 spiro atoms. The maximum atomic E-state index is 12.2. The Morgan fingerprint density at radius 1 is 1.38 bits per heavy atom. The minimum absolute atomic E-state index is 0.153. The Balaban J connectivity index is 2.58. The fourth-order valence-corrected chi connectivity index (χ4v) is 2.43. The van der Waals surface area contributed by atoms with Crippen LogP contribution in [0.1, 0.15) is 35.6 Å². The predicted molar refractivity (Wildman–Crippen MR) is 77.4 cm³/mol. The third-order valence-corrected chi connectivity index (χ3v) is 3.54. The lowest BCUT2D eigenvalue weighted by atomic mass is 10.1. The molecule has 2 aromatic heterocycles. The molecular weight excluding hydrogens is 270 g/mol. The highest BCUT2D eigenvalue weighted by Crippen LogP contribution is 2.18. The Kier molecular flexibility index (Phi) is 4.16. The van der Waals surface area contributed by atoms with Crippen molar-refractivity contribution < 1.29 is 9.90 Å². The molecule has 0 aliphatic heterocycles. The highest BCUT2D eigenvalue weighted by atomic mass is 16.4. The molecule has 0 bridgehead atoms. The average Bonchev–Trinajstić information content (AvgIpc) is 2.44. The largest absolute Gasteiger partial charge is 0.481 e. The van der Waals surface area contributed by atoms with Crippen molar-refractivity contribution in [3.63, 3.8) is 0 Å². The number of aliphatic carboxylic acids is 1. The Morgan fingerprint density at radius 2 is 2.10 bits per heavy atom. The molecule has 0 saturated heterocycles. The van der Waals surface area contributed by atoms with E-state index in [0.29, 0.717) is 17.0 Å². The van der Waals surface area contributed by atoms with E-state index in [9.17, 15) is 9.59 Å². The number of carboxylic acids is 1. The van der Waals surface area contributed by atoms with Crippen molar-refractivity contribution >= 4 is 5.97 Å². The van der Waals surface area contributed by atoms with Gasteiger partial charge in [-0.3, -0.25) is 14.3 Å². The Hall–Kier alpha value is -2.50. The lowest BCUT2D eigenvalue weighted by molar-refractivity contribution is -0.136. The highest BCUT2D eigenvalue weighted by Gasteiger charge is 2.19. The molecule has 1 N–H and O–H groups in total. The van der Waals surface area contributed by atoms with Crippen molar-refractivity contribution in [3.8, 4) is 0 Å². The molecule has 21 heavy (non-hydrogen) atoms. The number of rotatable bonds is 4. The molecule has 2 rings (SSSR count). The number of hydrogen-bond acceptors (Lipinski definition) is 4. The van der Waals surface area contributed by atoms with Crippen LogP contribution < -0.4 is 5.69 Å². The third-order valence-electron chi connectivity index (χ3n) is 3.54. The fourth-order valence-electron chi connectivity index (χ4n) is 2.43. The van der Waals surface area contributed by atoms with Crippen LogP contribution in [0, 0.1) is 13.8 Å². The van der Waals surface area contributed by atoms with E-state index in [2.05, 4.69) is 9.97 Å². The molecule has 0 aromatic carbocycles. The number of hydrogen-bond donors (Lipinski definition) is 1. The van der Waals surface area contributed by atoms with Gasteiger partial charge in [-0.2, -0.15) is 4.98 Å². The molecule has 0 fully saturated rings. The molecule has 6 heteroatoms. The van der Waals surface area contributed by atoms with Crippen molar-refractivity contribution in [1.29, 1.82) is 0 Å². The van der Waals surface area contributed by atoms with Crippen LogP contribution in [0.2, 0.25) is 0 Å². The molecule has 0 radical (unpaired) electrons. The zero-order valence-corrected chi connectivity index (χ0v) is 12.2. The first-order chi connectivity index (χ1) is 9.91. The smallest absolute Gasteiger partial charge is 0.348 e. The molecule has 0 saturated carbocycles. The van der Waals surface area contributed by atoms with E-state index in [4.69, 9.17) is 5.11 Å². The molecule has 0 aliphatic carbocycles. The molecule has 2 heterocycles. The molecule has 1 atom stereocenters. The summed E-state index contributed by atoms with van der Waals surface area (Å²) >= 11 is 0.